The molecule has 9 heteroatoms. The Balaban J connectivity index is 1.51. The number of rotatable bonds is 6. The minimum atomic E-state index is 0.383. The predicted molar refractivity (Wildman–Crippen MR) is 137 cm³/mol. The number of piperazine rings is 1. The summed E-state index contributed by atoms with van der Waals surface area (Å²) in [6, 6.07) is 14.2. The van der Waals surface area contributed by atoms with Gasteiger partial charge in [-0.15, -0.1) is 10.2 Å². The molecule has 4 aromatic rings. The molecular weight excluding hydrogens is 448 g/mol. The molecule has 176 valence electrons. The van der Waals surface area contributed by atoms with Crippen LogP contribution in [0.15, 0.2) is 42.5 Å². The van der Waals surface area contributed by atoms with Gasteiger partial charge in [0, 0.05) is 53.9 Å². The van der Waals surface area contributed by atoms with Gasteiger partial charge in [-0.25, -0.2) is 4.98 Å². The number of nitrogens with one attached hydrogen (secondary N) is 3. The second-order valence-corrected chi connectivity index (χ2v) is 9.49. The molecule has 1 fully saturated rings. The molecule has 3 heterocycles. The highest BCUT2D eigenvalue weighted by Crippen LogP contribution is 2.29. The molecule has 34 heavy (non-hydrogen) atoms. The molecule has 8 nitrogen and oxygen atoms in total. The van der Waals surface area contributed by atoms with Crippen LogP contribution >= 0.6 is 11.6 Å². The number of benzene rings is 2. The van der Waals surface area contributed by atoms with Crippen LogP contribution in [0.1, 0.15) is 25.1 Å². The van der Waals surface area contributed by atoms with Crippen LogP contribution in [0.2, 0.25) is 5.02 Å². The third kappa shape index (κ3) is 4.56. The minimum absolute atomic E-state index is 0.383. The van der Waals surface area contributed by atoms with Crippen molar-refractivity contribution in [2.24, 2.45) is 5.92 Å². The Labute approximate surface area is 204 Å². The minimum Gasteiger partial charge on any atom is -0.361 e. The van der Waals surface area contributed by atoms with E-state index >= 15 is 0 Å². The van der Waals surface area contributed by atoms with E-state index in [1.54, 1.807) is 0 Å². The second-order valence-electron chi connectivity index (χ2n) is 9.08. The lowest BCUT2D eigenvalue weighted by Crippen LogP contribution is -2.53. The monoisotopic (exact) mass is 476 g/mol. The number of fused-ring (bicyclic) bond motifs is 1. The van der Waals surface area contributed by atoms with Crippen molar-refractivity contribution in [2.45, 2.75) is 33.4 Å². The Morgan fingerprint density at radius 2 is 2.03 bits per heavy atom. The molecule has 5 rings (SSSR count). The molecule has 1 saturated heterocycles. The van der Waals surface area contributed by atoms with Crippen LogP contribution < -0.4 is 15.5 Å². The zero-order chi connectivity index (χ0) is 23.7. The number of anilines is 2. The van der Waals surface area contributed by atoms with E-state index < -0.39 is 0 Å². The van der Waals surface area contributed by atoms with E-state index in [4.69, 9.17) is 16.6 Å². The summed E-state index contributed by atoms with van der Waals surface area (Å²) in [4.78, 5) is 7.32. The van der Waals surface area contributed by atoms with Gasteiger partial charge in [0.1, 0.15) is 0 Å². The quantitative estimate of drug-likeness (QED) is 0.379. The van der Waals surface area contributed by atoms with Crippen molar-refractivity contribution >= 4 is 34.1 Å². The summed E-state index contributed by atoms with van der Waals surface area (Å²) in [5.41, 5.74) is 3.86. The number of hydrogen-bond acceptors (Lipinski definition) is 7. The fourth-order valence-corrected chi connectivity index (χ4v) is 4.49. The van der Waals surface area contributed by atoms with E-state index in [1.807, 2.05) is 43.3 Å². The highest BCUT2D eigenvalue weighted by atomic mass is 35.5. The van der Waals surface area contributed by atoms with Gasteiger partial charge in [0.2, 0.25) is 0 Å². The van der Waals surface area contributed by atoms with Gasteiger partial charge in [0.15, 0.2) is 17.5 Å². The van der Waals surface area contributed by atoms with E-state index in [9.17, 15) is 0 Å². The number of H-pyrrole nitrogens is 1. The van der Waals surface area contributed by atoms with Crippen molar-refractivity contribution in [1.82, 2.24) is 30.7 Å². The van der Waals surface area contributed by atoms with Crippen LogP contribution in [0.3, 0.4) is 0 Å². The number of halogens is 1. The van der Waals surface area contributed by atoms with Crippen LogP contribution in [-0.2, 0) is 6.54 Å². The predicted octanol–water partition coefficient (Wildman–Crippen LogP) is 4.42. The Morgan fingerprint density at radius 3 is 2.85 bits per heavy atom. The highest BCUT2D eigenvalue weighted by molar-refractivity contribution is 6.31. The number of hydrogen-bond donors (Lipinski definition) is 3. The van der Waals surface area contributed by atoms with Gasteiger partial charge < -0.3 is 15.5 Å². The van der Waals surface area contributed by atoms with Crippen LogP contribution in [0, 0.1) is 12.8 Å². The maximum Gasteiger partial charge on any atom is 0.192 e. The van der Waals surface area contributed by atoms with Gasteiger partial charge in [-0.2, -0.15) is 5.10 Å². The van der Waals surface area contributed by atoms with Gasteiger partial charge in [-0.3, -0.25) is 5.10 Å². The third-order valence-corrected chi connectivity index (χ3v) is 6.75. The normalized spacial score (nSPS) is 16.4. The molecule has 1 aliphatic rings. The maximum absolute atomic E-state index is 6.37. The summed E-state index contributed by atoms with van der Waals surface area (Å²) in [5.74, 6) is 2.59. The van der Waals surface area contributed by atoms with Crippen LogP contribution in [0.25, 0.3) is 22.3 Å². The SMILES string of the molecule is Cc1[nH]nc2ccc(-c3nnc(NCc4ccccc4Cl)c(N4CCN[C@@H](C(C)C)C4)n3)cc12. The molecule has 0 bridgehead atoms. The van der Waals surface area contributed by atoms with Crippen molar-refractivity contribution < 1.29 is 0 Å². The van der Waals surface area contributed by atoms with E-state index in [0.717, 1.165) is 58.2 Å². The van der Waals surface area contributed by atoms with Crippen LogP contribution in [0.4, 0.5) is 11.6 Å². The molecule has 2 aromatic heterocycles. The Hall–Kier alpha value is -3.23. The van der Waals surface area contributed by atoms with E-state index in [0.29, 0.717) is 30.1 Å². The standard InChI is InChI=1S/C25H29ClN8/c1-15(2)22-14-34(11-10-27-22)25-24(28-13-18-6-4-5-7-20(18)26)33-32-23(29-25)17-8-9-21-19(12-17)16(3)30-31-21/h4-9,12,15,22,27H,10-11,13-14H2,1-3H3,(H,28,33)(H,30,31)/t22-/m1/s1. The first-order chi connectivity index (χ1) is 16.5. The van der Waals surface area contributed by atoms with Crippen molar-refractivity contribution in [2.75, 3.05) is 29.9 Å². The first-order valence-electron chi connectivity index (χ1n) is 11.6. The molecule has 1 aliphatic heterocycles. The molecule has 0 amide bonds. The van der Waals surface area contributed by atoms with Crippen molar-refractivity contribution in [3.63, 3.8) is 0 Å². The number of aryl methyl sites for hydroxylation is 1. The average Bonchev–Trinajstić information content (AvgIpc) is 3.23. The van der Waals surface area contributed by atoms with Gasteiger partial charge in [-0.1, -0.05) is 43.6 Å². The molecule has 0 radical (unpaired) electrons. The lowest BCUT2D eigenvalue weighted by molar-refractivity contribution is 0.367. The first kappa shape index (κ1) is 22.6. The van der Waals surface area contributed by atoms with Gasteiger partial charge in [-0.05, 0) is 42.7 Å². The molecule has 0 saturated carbocycles. The molecule has 1 atom stereocenters. The van der Waals surface area contributed by atoms with Gasteiger partial charge >= 0.3 is 0 Å². The number of nitrogens with zero attached hydrogens (tertiary/aromatic N) is 5. The molecule has 0 spiro atoms. The number of aromatic amines is 1. The zero-order valence-electron chi connectivity index (χ0n) is 19.6. The molecule has 0 aliphatic carbocycles. The Morgan fingerprint density at radius 1 is 1.18 bits per heavy atom. The van der Waals surface area contributed by atoms with Crippen molar-refractivity contribution in [1.29, 1.82) is 0 Å². The van der Waals surface area contributed by atoms with Crippen molar-refractivity contribution in [3.05, 3.63) is 58.7 Å². The fourth-order valence-electron chi connectivity index (χ4n) is 4.29. The zero-order valence-corrected chi connectivity index (χ0v) is 20.4. The molecular formula is C25H29ClN8. The highest BCUT2D eigenvalue weighted by Gasteiger charge is 2.26. The molecule has 0 unspecified atom stereocenters. The van der Waals surface area contributed by atoms with E-state index in [-0.39, 0.29) is 0 Å². The summed E-state index contributed by atoms with van der Waals surface area (Å²) in [6.45, 7) is 9.64. The molecule has 3 N–H and O–H groups in total. The lowest BCUT2D eigenvalue weighted by Gasteiger charge is -2.37. The average molecular weight is 477 g/mol. The Bertz CT molecular complexity index is 1300. The summed E-state index contributed by atoms with van der Waals surface area (Å²) in [6.07, 6.45) is 0. The van der Waals surface area contributed by atoms with Crippen molar-refractivity contribution in [3.8, 4) is 11.4 Å². The summed E-state index contributed by atoms with van der Waals surface area (Å²) in [5, 5.41) is 25.3. The Kier molecular flexibility index (Phi) is 6.34. The topological polar surface area (TPSA) is 94.6 Å². The third-order valence-electron chi connectivity index (χ3n) is 6.38. The summed E-state index contributed by atoms with van der Waals surface area (Å²) >= 11 is 6.37. The lowest BCUT2D eigenvalue weighted by atomic mass is 10.0. The first-order valence-corrected chi connectivity index (χ1v) is 12.0. The van der Waals surface area contributed by atoms with E-state index in [2.05, 4.69) is 55.8 Å². The van der Waals surface area contributed by atoms with Crippen LogP contribution in [-0.4, -0.2) is 51.1 Å². The number of aromatic nitrogens is 5. The largest absolute Gasteiger partial charge is 0.361 e. The maximum atomic E-state index is 6.37. The summed E-state index contributed by atoms with van der Waals surface area (Å²) in [7, 11) is 0. The van der Waals surface area contributed by atoms with Gasteiger partial charge in [0.05, 0.1) is 5.52 Å². The second kappa shape index (κ2) is 9.56. The smallest absolute Gasteiger partial charge is 0.192 e. The summed E-state index contributed by atoms with van der Waals surface area (Å²) < 4.78 is 0. The van der Waals surface area contributed by atoms with Crippen LogP contribution in [0.5, 0.6) is 0 Å². The van der Waals surface area contributed by atoms with E-state index in [1.165, 1.54) is 0 Å². The van der Waals surface area contributed by atoms with Gasteiger partial charge in [0.25, 0.3) is 0 Å². The fraction of sp³-hybridized carbons (Fsp3) is 0.360. The molecule has 2 aromatic carbocycles.